The predicted octanol–water partition coefficient (Wildman–Crippen LogP) is 1.28. The third kappa shape index (κ3) is 3.16. The number of rotatable bonds is 2. The average molecular weight is 279 g/mol. The summed E-state index contributed by atoms with van der Waals surface area (Å²) in [5, 5.41) is 24.7. The molecule has 1 heterocycles. The maximum Gasteiger partial charge on any atom is 0.161 e. The first kappa shape index (κ1) is 14.1. The van der Waals surface area contributed by atoms with Crippen molar-refractivity contribution in [3.63, 3.8) is 0 Å². The van der Waals surface area contributed by atoms with Crippen LogP contribution < -0.4 is 11.5 Å². The van der Waals surface area contributed by atoms with Crippen molar-refractivity contribution in [1.29, 1.82) is 5.41 Å². The molecule has 0 radical (unpaired) electrons. The maximum absolute atomic E-state index is 9.83. The molecule has 2 aromatic rings. The minimum atomic E-state index is 0.0949. The Morgan fingerprint density at radius 3 is 2.71 bits per heavy atom. The molecule has 2 rings (SSSR count). The van der Waals surface area contributed by atoms with E-state index in [1.807, 2.05) is 0 Å². The van der Waals surface area contributed by atoms with Gasteiger partial charge in [0.1, 0.15) is 5.75 Å². The van der Waals surface area contributed by atoms with Crippen molar-refractivity contribution in [1.82, 2.24) is 10.2 Å². The van der Waals surface area contributed by atoms with Crippen LogP contribution in [0.5, 0.6) is 5.75 Å². The molecule has 6 heteroatoms. The van der Waals surface area contributed by atoms with Crippen molar-refractivity contribution >= 4 is 12.0 Å². The monoisotopic (exact) mass is 279 g/mol. The lowest BCUT2D eigenvalue weighted by atomic mass is 10.1. The molecule has 0 saturated carbocycles. The van der Waals surface area contributed by atoms with Crippen LogP contribution in [0, 0.1) is 17.3 Å². The van der Waals surface area contributed by atoms with E-state index in [9.17, 15) is 5.11 Å². The fourth-order valence-corrected chi connectivity index (χ4v) is 1.59. The Morgan fingerprint density at radius 2 is 2.05 bits per heavy atom. The first-order valence-corrected chi connectivity index (χ1v) is 6.01. The van der Waals surface area contributed by atoms with Crippen LogP contribution in [0.3, 0.4) is 0 Å². The Morgan fingerprint density at radius 1 is 1.29 bits per heavy atom. The number of benzene rings is 1. The van der Waals surface area contributed by atoms with E-state index >= 15 is 0 Å². The molecule has 0 unspecified atom stereocenters. The summed E-state index contributed by atoms with van der Waals surface area (Å²) in [4.78, 5) is 0. The van der Waals surface area contributed by atoms with Crippen LogP contribution in [0.25, 0.3) is 11.3 Å². The lowest BCUT2D eigenvalue weighted by molar-refractivity contribution is 0.477. The molecule has 0 aliphatic heterocycles. The summed E-state index contributed by atoms with van der Waals surface area (Å²) >= 11 is 0. The summed E-state index contributed by atoms with van der Waals surface area (Å²) < 4.78 is 0. The highest BCUT2D eigenvalue weighted by Gasteiger charge is 2.08. The molecule has 0 fully saturated rings. The summed E-state index contributed by atoms with van der Waals surface area (Å²) in [6, 6.07) is 8.40. The Balaban J connectivity index is 2.48. The van der Waals surface area contributed by atoms with Crippen molar-refractivity contribution in [2.24, 2.45) is 5.73 Å². The molecule has 0 amide bonds. The lowest BCUT2D eigenvalue weighted by Gasteiger charge is -2.04. The van der Waals surface area contributed by atoms with Gasteiger partial charge in [-0.25, -0.2) is 0 Å². The number of hydrogen-bond acceptors (Lipinski definition) is 6. The topological polar surface area (TPSA) is 122 Å². The maximum atomic E-state index is 9.83. The number of aromatic hydroxyl groups is 1. The van der Waals surface area contributed by atoms with Gasteiger partial charge in [0.15, 0.2) is 5.82 Å². The Hall–Kier alpha value is -3.33. The van der Waals surface area contributed by atoms with E-state index in [1.165, 1.54) is 6.20 Å². The van der Waals surface area contributed by atoms with Crippen molar-refractivity contribution in [3.8, 4) is 28.8 Å². The fourth-order valence-electron chi connectivity index (χ4n) is 1.59. The zero-order valence-corrected chi connectivity index (χ0v) is 11.0. The molecular weight excluding hydrogens is 266 g/mol. The van der Waals surface area contributed by atoms with Crippen molar-refractivity contribution in [2.75, 3.05) is 5.73 Å². The second-order valence-electron chi connectivity index (χ2n) is 4.06. The van der Waals surface area contributed by atoms with Gasteiger partial charge in [-0.3, -0.25) is 0 Å². The van der Waals surface area contributed by atoms with E-state index in [0.29, 0.717) is 22.4 Å². The number of para-hydroxylation sites is 1. The van der Waals surface area contributed by atoms with Gasteiger partial charge >= 0.3 is 0 Å². The van der Waals surface area contributed by atoms with E-state index < -0.39 is 0 Å². The van der Waals surface area contributed by atoms with E-state index in [2.05, 4.69) is 22.0 Å². The van der Waals surface area contributed by atoms with Gasteiger partial charge in [-0.1, -0.05) is 24.0 Å². The normalized spacial score (nSPS) is 10.6. The molecule has 1 aromatic heterocycles. The zero-order valence-electron chi connectivity index (χ0n) is 11.0. The zero-order chi connectivity index (χ0) is 15.2. The molecule has 6 nitrogen and oxygen atoms in total. The first-order valence-electron chi connectivity index (χ1n) is 6.01. The molecular formula is C15H13N5O. The van der Waals surface area contributed by atoms with Crippen LogP contribution in [-0.2, 0) is 0 Å². The van der Waals surface area contributed by atoms with Crippen LogP contribution in [0.2, 0.25) is 0 Å². The average Bonchev–Trinajstić information content (AvgIpc) is 2.50. The molecule has 6 N–H and O–H groups in total. The second kappa shape index (κ2) is 6.21. The highest BCUT2D eigenvalue weighted by molar-refractivity contribution is 5.82. The smallest absolute Gasteiger partial charge is 0.161 e. The lowest BCUT2D eigenvalue weighted by Crippen LogP contribution is -1.99. The SMILES string of the molecule is N=CC(C#Cc1cc(-c2ccccc2O)nnc1N)=CN. The van der Waals surface area contributed by atoms with Crippen LogP contribution in [0.15, 0.2) is 42.1 Å². The molecule has 0 spiro atoms. The fraction of sp³-hybridized carbons (Fsp3) is 0. The van der Waals surface area contributed by atoms with Gasteiger partial charge in [-0.2, -0.15) is 0 Å². The highest BCUT2D eigenvalue weighted by atomic mass is 16.3. The van der Waals surface area contributed by atoms with Gasteiger partial charge < -0.3 is 22.0 Å². The number of phenolic OH excluding ortho intramolecular Hbond substituents is 1. The van der Waals surface area contributed by atoms with E-state index in [4.69, 9.17) is 16.9 Å². The Labute approximate surface area is 121 Å². The van der Waals surface area contributed by atoms with Crippen LogP contribution >= 0.6 is 0 Å². The van der Waals surface area contributed by atoms with Gasteiger partial charge in [-0.05, 0) is 18.2 Å². The molecule has 104 valence electrons. The number of allylic oxidation sites excluding steroid dienone is 1. The van der Waals surface area contributed by atoms with Crippen molar-refractivity contribution < 1.29 is 5.11 Å². The standard InChI is InChI=1S/C15H13N5O/c16-8-10(9-17)5-6-11-7-13(19-20-15(11)18)12-3-1-2-4-14(12)21/h1-4,7-9,16,21H,17H2,(H2,18,20). The number of nitrogens with one attached hydrogen (secondary N) is 1. The van der Waals surface area contributed by atoms with E-state index in [0.717, 1.165) is 6.21 Å². The third-order valence-electron chi connectivity index (χ3n) is 2.68. The van der Waals surface area contributed by atoms with Crippen molar-refractivity contribution in [2.45, 2.75) is 0 Å². The van der Waals surface area contributed by atoms with Crippen LogP contribution in [0.1, 0.15) is 5.56 Å². The third-order valence-corrected chi connectivity index (χ3v) is 2.68. The number of nitrogens with two attached hydrogens (primary N) is 2. The molecule has 0 atom stereocenters. The summed E-state index contributed by atoms with van der Waals surface area (Å²) in [5.74, 6) is 5.75. The summed E-state index contributed by atoms with van der Waals surface area (Å²) in [5.41, 5.74) is 12.8. The van der Waals surface area contributed by atoms with Gasteiger partial charge in [-0.15, -0.1) is 10.2 Å². The summed E-state index contributed by atoms with van der Waals surface area (Å²) in [6.45, 7) is 0. The Kier molecular flexibility index (Phi) is 4.17. The number of hydrogen-bond donors (Lipinski definition) is 4. The first-order chi connectivity index (χ1) is 10.2. The minimum absolute atomic E-state index is 0.0949. The number of nitrogen functional groups attached to an aromatic ring is 1. The molecule has 0 saturated heterocycles. The van der Waals surface area contributed by atoms with E-state index in [1.54, 1.807) is 30.3 Å². The highest BCUT2D eigenvalue weighted by Crippen LogP contribution is 2.27. The molecule has 1 aromatic carbocycles. The predicted molar refractivity (Wildman–Crippen MR) is 81.5 cm³/mol. The van der Waals surface area contributed by atoms with E-state index in [-0.39, 0.29) is 11.6 Å². The summed E-state index contributed by atoms with van der Waals surface area (Å²) in [6.07, 6.45) is 2.27. The summed E-state index contributed by atoms with van der Waals surface area (Å²) in [7, 11) is 0. The van der Waals surface area contributed by atoms with Gasteiger partial charge in [0, 0.05) is 18.0 Å². The molecule has 21 heavy (non-hydrogen) atoms. The number of anilines is 1. The Bertz CT molecular complexity index is 771. The number of phenols is 1. The van der Waals surface area contributed by atoms with Crippen LogP contribution in [0.4, 0.5) is 5.82 Å². The molecule has 0 aliphatic carbocycles. The molecule has 0 aliphatic rings. The quantitative estimate of drug-likeness (QED) is 0.487. The largest absolute Gasteiger partial charge is 0.507 e. The van der Waals surface area contributed by atoms with Gasteiger partial charge in [0.2, 0.25) is 0 Å². The van der Waals surface area contributed by atoms with Crippen LogP contribution in [-0.4, -0.2) is 21.5 Å². The molecule has 0 bridgehead atoms. The van der Waals surface area contributed by atoms with Crippen molar-refractivity contribution in [3.05, 3.63) is 47.7 Å². The number of nitrogens with zero attached hydrogens (tertiary/aromatic N) is 2. The number of aromatic nitrogens is 2. The van der Waals surface area contributed by atoms with Gasteiger partial charge in [0.05, 0.1) is 16.8 Å². The minimum Gasteiger partial charge on any atom is -0.507 e. The van der Waals surface area contributed by atoms with Gasteiger partial charge in [0.25, 0.3) is 0 Å². The second-order valence-corrected chi connectivity index (χ2v) is 4.06.